The van der Waals surface area contributed by atoms with Crippen molar-refractivity contribution in [1.82, 2.24) is 40.0 Å². The molecule has 182 valence electrons. The number of imidazole rings is 1. The molecule has 0 radical (unpaired) electrons. The summed E-state index contributed by atoms with van der Waals surface area (Å²) in [6.07, 6.45) is 11.4. The third-order valence-corrected chi connectivity index (χ3v) is 6.95. The molecule has 1 aromatic carbocycles. The van der Waals surface area contributed by atoms with Crippen molar-refractivity contribution in [3.63, 3.8) is 0 Å². The van der Waals surface area contributed by atoms with Gasteiger partial charge in [-0.1, -0.05) is 6.07 Å². The van der Waals surface area contributed by atoms with Crippen molar-refractivity contribution < 1.29 is 4.39 Å². The summed E-state index contributed by atoms with van der Waals surface area (Å²) in [5.74, 6) is 0.143. The third-order valence-electron chi connectivity index (χ3n) is 6.95. The minimum atomic E-state index is -0.398. The van der Waals surface area contributed by atoms with E-state index in [1.165, 1.54) is 18.9 Å². The standard InChI is InChI=1S/C28H23FN8/c29-23-12-19(20-10-17(13-31-15-20)16-37-8-1-2-9-37)11-22-24(23)35-36-26(22)28-33-25-21(5-7-32-27(25)34-28)18-4-3-6-30-14-18/h3-7,10-15H,1-2,8-9,16H2,(H,35,36)(H,32,33,34). The van der Waals surface area contributed by atoms with E-state index in [4.69, 9.17) is 4.98 Å². The number of hydrogen-bond acceptors (Lipinski definition) is 6. The van der Waals surface area contributed by atoms with E-state index in [2.05, 4.69) is 41.1 Å². The van der Waals surface area contributed by atoms with Gasteiger partial charge >= 0.3 is 0 Å². The molecule has 2 N–H and O–H groups in total. The van der Waals surface area contributed by atoms with Crippen molar-refractivity contribution in [3.8, 4) is 33.8 Å². The predicted molar refractivity (Wildman–Crippen MR) is 140 cm³/mol. The lowest BCUT2D eigenvalue weighted by Crippen LogP contribution is -2.18. The van der Waals surface area contributed by atoms with Gasteiger partial charge in [0.25, 0.3) is 0 Å². The number of benzene rings is 1. The second kappa shape index (κ2) is 8.86. The first kappa shape index (κ1) is 21.8. The van der Waals surface area contributed by atoms with Crippen LogP contribution in [0.1, 0.15) is 18.4 Å². The van der Waals surface area contributed by atoms with Crippen molar-refractivity contribution in [2.24, 2.45) is 0 Å². The highest BCUT2D eigenvalue weighted by Gasteiger charge is 2.19. The molecule has 1 aliphatic heterocycles. The maximum Gasteiger partial charge on any atom is 0.178 e. The molecule has 0 amide bonds. The fourth-order valence-electron chi connectivity index (χ4n) is 5.15. The monoisotopic (exact) mass is 490 g/mol. The molecule has 1 saturated heterocycles. The van der Waals surface area contributed by atoms with E-state index in [0.29, 0.717) is 22.6 Å². The Bertz CT molecular complexity index is 1730. The molecule has 7 rings (SSSR count). The third kappa shape index (κ3) is 3.93. The van der Waals surface area contributed by atoms with Crippen LogP contribution in [0.3, 0.4) is 0 Å². The van der Waals surface area contributed by atoms with Crippen LogP contribution in [0.2, 0.25) is 0 Å². The Labute approximate surface area is 211 Å². The van der Waals surface area contributed by atoms with E-state index in [1.54, 1.807) is 24.8 Å². The smallest absolute Gasteiger partial charge is 0.178 e. The number of hydrogen-bond donors (Lipinski definition) is 2. The minimum Gasteiger partial charge on any atom is -0.335 e. The summed E-state index contributed by atoms with van der Waals surface area (Å²) in [5, 5.41) is 7.88. The summed E-state index contributed by atoms with van der Waals surface area (Å²) in [5.41, 5.74) is 6.84. The highest BCUT2D eigenvalue weighted by Crippen LogP contribution is 2.33. The van der Waals surface area contributed by atoms with Crippen LogP contribution in [0.4, 0.5) is 4.39 Å². The lowest BCUT2D eigenvalue weighted by atomic mass is 10.0. The topological polar surface area (TPSA) is 99.3 Å². The van der Waals surface area contributed by atoms with Crippen LogP contribution in [0.15, 0.2) is 67.4 Å². The first-order chi connectivity index (χ1) is 18.2. The van der Waals surface area contributed by atoms with Crippen LogP contribution in [0.25, 0.3) is 55.8 Å². The van der Waals surface area contributed by atoms with Crippen molar-refractivity contribution in [3.05, 3.63) is 78.8 Å². The lowest BCUT2D eigenvalue weighted by molar-refractivity contribution is 0.331. The van der Waals surface area contributed by atoms with Crippen LogP contribution >= 0.6 is 0 Å². The number of aromatic nitrogens is 7. The molecule has 1 aliphatic rings. The SMILES string of the molecule is Fc1cc(-c2cncc(CN3CCCC3)c2)cc2c(-c3nc4nccc(-c5cccnc5)c4[nH]3)[nH]nc12. The summed E-state index contributed by atoms with van der Waals surface area (Å²) in [7, 11) is 0. The molecular weight excluding hydrogens is 467 g/mol. The van der Waals surface area contributed by atoms with Crippen molar-refractivity contribution in [2.75, 3.05) is 13.1 Å². The average molecular weight is 491 g/mol. The van der Waals surface area contributed by atoms with Gasteiger partial charge in [0.15, 0.2) is 17.3 Å². The van der Waals surface area contributed by atoms with E-state index in [1.807, 2.05) is 30.5 Å². The molecule has 0 unspecified atom stereocenters. The zero-order valence-corrected chi connectivity index (χ0v) is 19.9. The molecule has 5 aromatic heterocycles. The maximum absolute atomic E-state index is 15.2. The van der Waals surface area contributed by atoms with Gasteiger partial charge in [0.2, 0.25) is 0 Å². The van der Waals surface area contributed by atoms with Crippen LogP contribution in [-0.2, 0) is 6.54 Å². The molecule has 0 atom stereocenters. The first-order valence-corrected chi connectivity index (χ1v) is 12.3. The van der Waals surface area contributed by atoms with E-state index < -0.39 is 5.82 Å². The van der Waals surface area contributed by atoms with Gasteiger partial charge in [-0.2, -0.15) is 5.10 Å². The van der Waals surface area contributed by atoms with Gasteiger partial charge in [-0.05, 0) is 67.4 Å². The number of nitrogens with one attached hydrogen (secondary N) is 2. The summed E-state index contributed by atoms with van der Waals surface area (Å²) in [6.45, 7) is 3.07. The van der Waals surface area contributed by atoms with Gasteiger partial charge in [-0.15, -0.1) is 0 Å². The Morgan fingerprint density at radius 1 is 0.919 bits per heavy atom. The molecule has 6 heterocycles. The van der Waals surface area contributed by atoms with Crippen LogP contribution in [0, 0.1) is 5.82 Å². The Hall–Kier alpha value is -4.50. The first-order valence-electron chi connectivity index (χ1n) is 12.3. The number of fused-ring (bicyclic) bond motifs is 2. The van der Waals surface area contributed by atoms with Gasteiger partial charge in [-0.3, -0.25) is 20.0 Å². The number of likely N-dealkylation sites (tertiary alicyclic amines) is 1. The number of aromatic amines is 2. The Morgan fingerprint density at radius 3 is 2.68 bits per heavy atom. The van der Waals surface area contributed by atoms with Gasteiger partial charge in [-0.25, -0.2) is 14.4 Å². The number of halogens is 1. The largest absolute Gasteiger partial charge is 0.335 e. The molecule has 0 bridgehead atoms. The summed E-state index contributed by atoms with van der Waals surface area (Å²) < 4.78 is 15.2. The average Bonchev–Trinajstić information content (AvgIpc) is 3.69. The van der Waals surface area contributed by atoms with Crippen LogP contribution < -0.4 is 0 Å². The molecule has 0 spiro atoms. The molecule has 37 heavy (non-hydrogen) atoms. The molecule has 6 aromatic rings. The number of H-pyrrole nitrogens is 2. The highest BCUT2D eigenvalue weighted by molar-refractivity contribution is 5.97. The zero-order chi connectivity index (χ0) is 24.8. The second-order valence-corrected chi connectivity index (χ2v) is 9.40. The van der Waals surface area contributed by atoms with Gasteiger partial charge in [0.05, 0.1) is 5.52 Å². The summed E-state index contributed by atoms with van der Waals surface area (Å²) >= 11 is 0. The molecule has 0 saturated carbocycles. The summed E-state index contributed by atoms with van der Waals surface area (Å²) in [4.78, 5) is 23.6. The van der Waals surface area contributed by atoms with Crippen LogP contribution in [-0.4, -0.2) is 53.1 Å². The maximum atomic E-state index is 15.2. The Morgan fingerprint density at radius 2 is 1.81 bits per heavy atom. The van der Waals surface area contributed by atoms with Crippen molar-refractivity contribution in [1.29, 1.82) is 0 Å². The van der Waals surface area contributed by atoms with Crippen LogP contribution in [0.5, 0.6) is 0 Å². The summed E-state index contributed by atoms with van der Waals surface area (Å²) in [6, 6.07) is 11.4. The van der Waals surface area contributed by atoms with E-state index in [9.17, 15) is 0 Å². The fraction of sp³-hybridized carbons (Fsp3) is 0.179. The molecule has 0 aliphatic carbocycles. The zero-order valence-electron chi connectivity index (χ0n) is 19.9. The second-order valence-electron chi connectivity index (χ2n) is 9.40. The van der Waals surface area contributed by atoms with Gasteiger partial charge in [0, 0.05) is 59.6 Å². The van der Waals surface area contributed by atoms with Gasteiger partial charge < -0.3 is 4.98 Å². The number of nitrogens with zero attached hydrogens (tertiary/aromatic N) is 6. The van der Waals surface area contributed by atoms with Crippen molar-refractivity contribution >= 4 is 22.1 Å². The lowest BCUT2D eigenvalue weighted by Gasteiger charge is -2.14. The molecule has 8 nitrogen and oxygen atoms in total. The fourth-order valence-corrected chi connectivity index (χ4v) is 5.15. The van der Waals surface area contributed by atoms with Gasteiger partial charge in [0.1, 0.15) is 11.2 Å². The highest BCUT2D eigenvalue weighted by atomic mass is 19.1. The molecular formula is C28H23FN8. The van der Waals surface area contributed by atoms with E-state index >= 15 is 4.39 Å². The van der Waals surface area contributed by atoms with E-state index in [0.717, 1.165) is 53.0 Å². The molecule has 1 fully saturated rings. The Balaban J connectivity index is 1.31. The Kier molecular flexibility index (Phi) is 5.21. The predicted octanol–water partition coefficient (Wildman–Crippen LogP) is 5.36. The number of pyridine rings is 3. The normalized spacial score (nSPS) is 14.2. The van der Waals surface area contributed by atoms with E-state index in [-0.39, 0.29) is 5.52 Å². The number of rotatable bonds is 5. The molecule has 9 heteroatoms. The van der Waals surface area contributed by atoms with Crippen molar-refractivity contribution in [2.45, 2.75) is 19.4 Å². The quantitative estimate of drug-likeness (QED) is 0.338. The minimum absolute atomic E-state index is 0.265.